The van der Waals surface area contributed by atoms with Gasteiger partial charge in [0.25, 0.3) is 0 Å². The molecule has 0 N–H and O–H groups in total. The number of nitrogens with zero attached hydrogens (tertiary/aromatic N) is 6. The summed E-state index contributed by atoms with van der Waals surface area (Å²) >= 11 is 0. The van der Waals surface area contributed by atoms with Gasteiger partial charge >= 0.3 is 0 Å². The largest absolute Gasteiger partial charge is 0.311 e. The molecule has 0 radical (unpaired) electrons. The van der Waals surface area contributed by atoms with Crippen LogP contribution in [0.4, 0.5) is 34.1 Å². The van der Waals surface area contributed by atoms with Gasteiger partial charge in [-0.05, 0) is 213 Å². The molecule has 18 aromatic carbocycles. The Kier molecular flexibility index (Phi) is 15.8. The van der Waals surface area contributed by atoms with Crippen LogP contribution >= 0.6 is 0 Å². The van der Waals surface area contributed by atoms with Crippen molar-refractivity contribution >= 4 is 121 Å². The van der Waals surface area contributed by atoms with Gasteiger partial charge in [0.05, 0.1) is 44.1 Å². The summed E-state index contributed by atoms with van der Waals surface area (Å²) in [4.78, 5) is 4.78. The molecule has 0 fully saturated rings. The second-order valence-corrected chi connectivity index (χ2v) is 29.6. The number of anilines is 6. The van der Waals surface area contributed by atoms with Gasteiger partial charge in [0.1, 0.15) is 0 Å². The molecule has 0 saturated heterocycles. The topological polar surface area (TPSA) is 26.2 Å². The second-order valence-electron chi connectivity index (χ2n) is 29.6. The molecule has 0 atom stereocenters. The number of para-hydroxylation sites is 6. The molecule has 22 aromatic rings. The summed E-state index contributed by atoms with van der Waals surface area (Å²) in [7, 11) is 0. The van der Waals surface area contributed by atoms with Gasteiger partial charge in [0.15, 0.2) is 0 Å². The lowest BCUT2D eigenvalue weighted by Crippen LogP contribution is -2.10. The average Bonchev–Trinajstić information content (AvgIpc) is 1.59. The molecule has 22 rings (SSSR count). The van der Waals surface area contributed by atoms with Crippen molar-refractivity contribution < 1.29 is 0 Å². The molecule has 0 unspecified atom stereocenters. The minimum Gasteiger partial charge on any atom is -0.311 e. The molecule has 114 heavy (non-hydrogen) atoms. The highest BCUT2D eigenvalue weighted by Gasteiger charge is 2.24. The highest BCUT2D eigenvalue weighted by molar-refractivity contribution is 6.18. The van der Waals surface area contributed by atoms with E-state index in [0.29, 0.717) is 0 Å². The van der Waals surface area contributed by atoms with E-state index in [-0.39, 0.29) is 0 Å². The van der Waals surface area contributed by atoms with Gasteiger partial charge in [-0.3, -0.25) is 0 Å². The van der Waals surface area contributed by atoms with E-state index < -0.39 is 0 Å². The zero-order valence-corrected chi connectivity index (χ0v) is 62.3. The Bertz CT molecular complexity index is 7150. The van der Waals surface area contributed by atoms with Gasteiger partial charge < -0.3 is 28.1 Å². The number of benzene rings is 18. The van der Waals surface area contributed by atoms with Crippen LogP contribution in [-0.4, -0.2) is 18.3 Å². The van der Waals surface area contributed by atoms with Gasteiger partial charge in [0.2, 0.25) is 0 Å². The van der Waals surface area contributed by atoms with Crippen molar-refractivity contribution in [3.8, 4) is 78.4 Å². The Balaban J connectivity index is 0.612. The van der Waals surface area contributed by atoms with Crippen molar-refractivity contribution in [3.05, 3.63) is 437 Å². The zero-order chi connectivity index (χ0) is 75.2. The summed E-state index contributed by atoms with van der Waals surface area (Å²) in [5, 5.41) is 9.69. The quantitative estimate of drug-likeness (QED) is 0.102. The number of rotatable bonds is 15. The molecule has 6 nitrogen and oxygen atoms in total. The van der Waals surface area contributed by atoms with Crippen LogP contribution in [0.25, 0.3) is 166 Å². The van der Waals surface area contributed by atoms with Crippen LogP contribution < -0.4 is 9.80 Å². The first kappa shape index (κ1) is 65.8. The highest BCUT2D eigenvalue weighted by Crippen LogP contribution is 2.47. The van der Waals surface area contributed by atoms with Crippen LogP contribution in [0.3, 0.4) is 0 Å². The average molecular weight is 1450 g/mol. The summed E-state index contributed by atoms with van der Waals surface area (Å²) in [5.74, 6) is 0. The van der Waals surface area contributed by atoms with E-state index in [1.54, 1.807) is 0 Å². The smallest absolute Gasteiger partial charge is 0.0561 e. The molecule has 0 saturated carbocycles. The highest BCUT2D eigenvalue weighted by atomic mass is 15.2. The fourth-order valence-electron chi connectivity index (χ4n) is 17.8. The zero-order valence-electron chi connectivity index (χ0n) is 62.3. The molecule has 4 aromatic heterocycles. The molecule has 0 aliphatic carbocycles. The van der Waals surface area contributed by atoms with Crippen LogP contribution in [0.1, 0.15) is 0 Å². The standard InChI is InChI=1S/C108H72N6/c1-6-23-73(24-7-1)75-41-53-85(54-42-75)109(86-55-43-76(44-56-86)74-25-8-2-9-26-74)87-57-45-77(46-58-87)78-47-61-89(62-48-78)111-102-39-21-18-35-99(102)108-92(36-22-40-103(108)111)81-52-66-96-95-65-51-80(69-104(95)114(105(96)70-81)84-31-14-5-15-32-84)79-49-59-88(60-50-79)110(90-63-67-97-93-33-16-19-37-100(93)112(106(97)71-90)82-27-10-3-11-28-82)91-64-68-98-94-34-17-20-38-101(94)113(107(98)72-91)83-29-12-4-13-30-83/h1-72H. The van der Waals surface area contributed by atoms with Gasteiger partial charge in [-0.25, -0.2) is 0 Å². The Morgan fingerprint density at radius 2 is 0.395 bits per heavy atom. The van der Waals surface area contributed by atoms with Crippen molar-refractivity contribution in [2.24, 2.45) is 0 Å². The lowest BCUT2D eigenvalue weighted by atomic mass is 9.98. The molecular formula is C108H72N6. The Hall–Kier alpha value is -15.2. The number of hydrogen-bond donors (Lipinski definition) is 0. The minimum atomic E-state index is 1.05. The second kappa shape index (κ2) is 27.4. The maximum absolute atomic E-state index is 2.47. The maximum Gasteiger partial charge on any atom is 0.0561 e. The first-order valence-corrected chi connectivity index (χ1v) is 39.1. The van der Waals surface area contributed by atoms with Crippen LogP contribution in [-0.2, 0) is 0 Å². The van der Waals surface area contributed by atoms with Crippen LogP contribution in [0.2, 0.25) is 0 Å². The maximum atomic E-state index is 2.47. The SMILES string of the molecule is c1ccc(-c2ccc(N(c3ccc(-c4ccccc4)cc3)c3ccc(-c4ccc(-n5c6ccccc6c6c(-c7ccc8c9ccc(-c%10ccc(N(c%11ccc%12c%13ccccc%13n(-c%13ccccc%13)c%12c%11)c%11ccc%12c%13ccccc%13n(-c%13ccccc%13)c%12c%11)cc%10)cc9n(-c9ccccc9)c8c7)cccc65)cc4)cc3)cc2)cc1. The lowest BCUT2D eigenvalue weighted by molar-refractivity contribution is 1.17. The van der Waals surface area contributed by atoms with Crippen molar-refractivity contribution in [1.29, 1.82) is 0 Å². The summed E-state index contributed by atoms with van der Waals surface area (Å²) < 4.78 is 9.72. The number of hydrogen-bond acceptors (Lipinski definition) is 2. The van der Waals surface area contributed by atoms with E-state index in [2.05, 4.69) is 465 Å². The Labute approximate surface area is 660 Å². The molecule has 0 aliphatic heterocycles. The molecule has 0 amide bonds. The van der Waals surface area contributed by atoms with Crippen molar-refractivity contribution in [2.75, 3.05) is 9.80 Å². The predicted octanol–water partition coefficient (Wildman–Crippen LogP) is 29.3. The number of fused-ring (bicyclic) bond motifs is 12. The fourth-order valence-corrected chi connectivity index (χ4v) is 17.8. The third-order valence-corrected chi connectivity index (χ3v) is 23.2. The fraction of sp³-hybridized carbons (Fsp3) is 0. The van der Waals surface area contributed by atoms with Gasteiger partial charge in [0, 0.05) is 100.0 Å². The Morgan fingerprint density at radius 3 is 0.825 bits per heavy atom. The molecule has 4 heterocycles. The van der Waals surface area contributed by atoms with E-state index in [4.69, 9.17) is 0 Å². The van der Waals surface area contributed by atoms with Gasteiger partial charge in [-0.1, -0.05) is 279 Å². The van der Waals surface area contributed by atoms with Crippen LogP contribution in [0, 0.1) is 0 Å². The lowest BCUT2D eigenvalue weighted by Gasteiger charge is -2.26. The van der Waals surface area contributed by atoms with Crippen molar-refractivity contribution in [1.82, 2.24) is 18.3 Å². The first-order valence-electron chi connectivity index (χ1n) is 39.1. The molecular weight excluding hydrogens is 1380 g/mol. The normalized spacial score (nSPS) is 11.7. The van der Waals surface area contributed by atoms with E-state index in [9.17, 15) is 0 Å². The van der Waals surface area contributed by atoms with E-state index >= 15 is 0 Å². The van der Waals surface area contributed by atoms with E-state index in [1.807, 2.05) is 0 Å². The minimum absolute atomic E-state index is 1.05. The van der Waals surface area contributed by atoms with E-state index in [0.717, 1.165) is 118 Å². The molecule has 6 heteroatoms. The van der Waals surface area contributed by atoms with Crippen LogP contribution in [0.15, 0.2) is 437 Å². The van der Waals surface area contributed by atoms with Gasteiger partial charge in [-0.2, -0.15) is 0 Å². The predicted molar refractivity (Wildman–Crippen MR) is 480 cm³/mol. The van der Waals surface area contributed by atoms with Gasteiger partial charge in [-0.15, -0.1) is 0 Å². The summed E-state index contributed by atoms with van der Waals surface area (Å²) in [6.07, 6.45) is 0. The number of aromatic nitrogens is 4. The summed E-state index contributed by atoms with van der Waals surface area (Å²) in [6, 6.07) is 160. The molecule has 0 aliphatic rings. The summed E-state index contributed by atoms with van der Waals surface area (Å²) in [5.41, 5.74) is 31.8. The third kappa shape index (κ3) is 11.2. The molecule has 0 spiro atoms. The Morgan fingerprint density at radius 1 is 0.140 bits per heavy atom. The monoisotopic (exact) mass is 1450 g/mol. The summed E-state index contributed by atoms with van der Waals surface area (Å²) in [6.45, 7) is 0. The van der Waals surface area contributed by atoms with Crippen molar-refractivity contribution in [2.45, 2.75) is 0 Å². The third-order valence-electron chi connectivity index (χ3n) is 23.2. The van der Waals surface area contributed by atoms with Crippen LogP contribution in [0.5, 0.6) is 0 Å². The molecule has 534 valence electrons. The van der Waals surface area contributed by atoms with Crippen molar-refractivity contribution in [3.63, 3.8) is 0 Å². The molecule has 0 bridgehead atoms. The first-order chi connectivity index (χ1) is 56.5. The van der Waals surface area contributed by atoms with E-state index in [1.165, 1.54) is 81.9 Å².